The smallest absolute Gasteiger partial charge is 0.271 e. The molecule has 2 heterocycles. The monoisotopic (exact) mass is 418 g/mol. The van der Waals surface area contributed by atoms with Crippen molar-refractivity contribution in [3.63, 3.8) is 0 Å². The molecule has 1 aliphatic carbocycles. The largest absolute Gasteiger partial charge is 0.340 e. The van der Waals surface area contributed by atoms with Gasteiger partial charge in [-0.05, 0) is 55.0 Å². The van der Waals surface area contributed by atoms with Gasteiger partial charge < -0.3 is 9.84 Å². The molecule has 0 aliphatic heterocycles. The molecule has 1 aromatic carbocycles. The Bertz CT molecular complexity index is 1090. The van der Waals surface area contributed by atoms with Crippen molar-refractivity contribution in [3.8, 4) is 0 Å². The Morgan fingerprint density at radius 1 is 1.21 bits per heavy atom. The Hall–Kier alpha value is -2.72. The molecule has 0 atom stereocenters. The van der Waals surface area contributed by atoms with Crippen LogP contribution in [0.2, 0.25) is 0 Å². The first-order valence-electron chi connectivity index (χ1n) is 8.68. The van der Waals surface area contributed by atoms with Crippen molar-refractivity contribution in [1.82, 2.24) is 15.5 Å². The molecule has 1 saturated carbocycles. The van der Waals surface area contributed by atoms with E-state index in [0.717, 1.165) is 30.6 Å². The van der Waals surface area contributed by atoms with Crippen LogP contribution in [-0.2, 0) is 15.6 Å². The molecule has 3 aromatic rings. The van der Waals surface area contributed by atoms with E-state index in [4.69, 9.17) is 4.52 Å². The predicted molar refractivity (Wildman–Crippen MR) is 104 cm³/mol. The Balaban J connectivity index is 1.47. The second-order valence-corrected chi connectivity index (χ2v) is 9.50. The second kappa shape index (κ2) is 7.02. The molecule has 8 nitrogen and oxygen atoms in total. The van der Waals surface area contributed by atoms with Crippen molar-refractivity contribution in [1.29, 1.82) is 0 Å². The number of aromatic nitrogens is 2. The number of nitrogens with zero attached hydrogens (tertiary/aromatic N) is 2. The third-order valence-corrected chi connectivity index (χ3v) is 7.45. The summed E-state index contributed by atoms with van der Waals surface area (Å²) in [5.41, 5.74) is 0.205. The summed E-state index contributed by atoms with van der Waals surface area (Å²) in [5, 5.41) is 8.66. The molecule has 4 rings (SSSR count). The summed E-state index contributed by atoms with van der Waals surface area (Å²) in [6.45, 7) is 1.71. The molecule has 1 amide bonds. The van der Waals surface area contributed by atoms with Crippen LogP contribution in [0, 0.1) is 6.92 Å². The van der Waals surface area contributed by atoms with Crippen molar-refractivity contribution >= 4 is 33.0 Å². The molecule has 0 spiro atoms. The van der Waals surface area contributed by atoms with Gasteiger partial charge in [0.15, 0.2) is 5.82 Å². The summed E-state index contributed by atoms with van der Waals surface area (Å²) in [6.07, 6.45) is 2.46. The van der Waals surface area contributed by atoms with Crippen LogP contribution < -0.4 is 10.0 Å². The summed E-state index contributed by atoms with van der Waals surface area (Å²) < 4.78 is 32.3. The molecule has 1 fully saturated rings. The Kier molecular flexibility index (Phi) is 4.68. The minimum Gasteiger partial charge on any atom is -0.340 e. The molecule has 2 aromatic heterocycles. The minimum absolute atomic E-state index is 0.233. The summed E-state index contributed by atoms with van der Waals surface area (Å²) >= 11 is 1.14. The average molecular weight is 419 g/mol. The number of carbonyl (C=O) groups excluding carboxylic acids is 1. The van der Waals surface area contributed by atoms with E-state index in [9.17, 15) is 13.2 Å². The summed E-state index contributed by atoms with van der Waals surface area (Å²) in [6, 6.07) is 9.49. The maximum Gasteiger partial charge on any atom is 0.271 e. The van der Waals surface area contributed by atoms with Crippen molar-refractivity contribution < 1.29 is 17.7 Å². The van der Waals surface area contributed by atoms with Crippen LogP contribution in [0.1, 0.15) is 41.3 Å². The van der Waals surface area contributed by atoms with E-state index in [0.29, 0.717) is 23.0 Å². The Labute approximate surface area is 166 Å². The number of amides is 1. The predicted octanol–water partition coefficient (Wildman–Crippen LogP) is 3.05. The number of hydrogen-bond acceptors (Lipinski definition) is 7. The summed E-state index contributed by atoms with van der Waals surface area (Å²) in [5.74, 6) is 0.678. The zero-order valence-electron chi connectivity index (χ0n) is 15.0. The van der Waals surface area contributed by atoms with Gasteiger partial charge in [0, 0.05) is 18.2 Å². The normalized spacial score (nSPS) is 15.6. The van der Waals surface area contributed by atoms with Gasteiger partial charge in [0.25, 0.3) is 15.9 Å². The van der Waals surface area contributed by atoms with E-state index < -0.39 is 15.6 Å². The second-order valence-electron chi connectivity index (χ2n) is 6.64. The topological polar surface area (TPSA) is 114 Å². The maximum absolute atomic E-state index is 12.7. The number of benzene rings is 1. The molecule has 2 N–H and O–H groups in total. The van der Waals surface area contributed by atoms with Gasteiger partial charge in [-0.25, -0.2) is 8.42 Å². The van der Waals surface area contributed by atoms with Gasteiger partial charge in [-0.2, -0.15) is 4.98 Å². The highest BCUT2D eigenvalue weighted by Gasteiger charge is 2.44. The first-order valence-corrected chi connectivity index (χ1v) is 11.0. The van der Waals surface area contributed by atoms with Gasteiger partial charge in [0.2, 0.25) is 5.89 Å². The van der Waals surface area contributed by atoms with Crippen molar-refractivity contribution in [3.05, 3.63) is 59.1 Å². The number of thiophene rings is 1. The van der Waals surface area contributed by atoms with E-state index in [1.54, 1.807) is 42.6 Å². The number of nitrogens with one attached hydrogen (secondary N) is 2. The van der Waals surface area contributed by atoms with Gasteiger partial charge in [0.1, 0.15) is 9.75 Å². The van der Waals surface area contributed by atoms with Gasteiger partial charge in [-0.15, -0.1) is 11.3 Å². The van der Waals surface area contributed by atoms with Crippen LogP contribution in [0.5, 0.6) is 0 Å². The van der Waals surface area contributed by atoms with Crippen LogP contribution in [0.4, 0.5) is 5.69 Å². The minimum atomic E-state index is -3.62. The lowest BCUT2D eigenvalue weighted by Crippen LogP contribution is -2.51. The zero-order valence-corrected chi connectivity index (χ0v) is 16.6. The van der Waals surface area contributed by atoms with Crippen LogP contribution in [0.3, 0.4) is 0 Å². The van der Waals surface area contributed by atoms with Gasteiger partial charge >= 0.3 is 0 Å². The SMILES string of the molecule is Cc1nc(C2(NC(=O)c3ccc(NS(=O)(=O)c4cccs4)cc3)CCC2)no1. The van der Waals surface area contributed by atoms with Crippen LogP contribution in [0.25, 0.3) is 0 Å². The first-order chi connectivity index (χ1) is 13.4. The third-order valence-electron chi connectivity index (χ3n) is 4.67. The Morgan fingerprint density at radius 3 is 2.50 bits per heavy atom. The van der Waals surface area contributed by atoms with Gasteiger partial charge in [-0.1, -0.05) is 11.2 Å². The van der Waals surface area contributed by atoms with Crippen molar-refractivity contribution in [2.24, 2.45) is 0 Å². The van der Waals surface area contributed by atoms with E-state index in [1.807, 2.05) is 0 Å². The molecule has 10 heteroatoms. The quantitative estimate of drug-likeness (QED) is 0.636. The first kappa shape index (κ1) is 18.6. The number of sulfonamides is 1. The summed E-state index contributed by atoms with van der Waals surface area (Å²) in [7, 11) is -3.62. The highest BCUT2D eigenvalue weighted by atomic mass is 32.2. The van der Waals surface area contributed by atoms with Crippen molar-refractivity contribution in [2.75, 3.05) is 4.72 Å². The van der Waals surface area contributed by atoms with E-state index in [1.165, 1.54) is 6.07 Å². The highest BCUT2D eigenvalue weighted by molar-refractivity contribution is 7.94. The highest BCUT2D eigenvalue weighted by Crippen LogP contribution is 2.40. The Morgan fingerprint density at radius 2 is 1.96 bits per heavy atom. The molecule has 0 bridgehead atoms. The number of anilines is 1. The zero-order chi connectivity index (χ0) is 19.8. The number of rotatable bonds is 6. The van der Waals surface area contributed by atoms with Crippen LogP contribution >= 0.6 is 11.3 Å². The molecule has 1 aliphatic rings. The molecule has 28 heavy (non-hydrogen) atoms. The fourth-order valence-electron chi connectivity index (χ4n) is 3.03. The fraction of sp³-hybridized carbons (Fsp3) is 0.278. The number of aryl methyl sites for hydroxylation is 1. The lowest BCUT2D eigenvalue weighted by molar-refractivity contribution is 0.0805. The van der Waals surface area contributed by atoms with Crippen LogP contribution in [0.15, 0.2) is 50.5 Å². The van der Waals surface area contributed by atoms with E-state index >= 15 is 0 Å². The summed E-state index contributed by atoms with van der Waals surface area (Å²) in [4.78, 5) is 16.9. The number of hydrogen-bond donors (Lipinski definition) is 2. The molecule has 146 valence electrons. The van der Waals surface area contributed by atoms with Gasteiger partial charge in [-0.3, -0.25) is 9.52 Å². The fourth-order valence-corrected chi connectivity index (χ4v) is 5.08. The van der Waals surface area contributed by atoms with Gasteiger partial charge in [0.05, 0.1) is 0 Å². The lowest BCUT2D eigenvalue weighted by atomic mass is 9.76. The molecule has 0 saturated heterocycles. The van der Waals surface area contributed by atoms with E-state index in [2.05, 4.69) is 20.2 Å². The third kappa shape index (κ3) is 3.52. The molecular weight excluding hydrogens is 400 g/mol. The number of carbonyl (C=O) groups is 1. The average Bonchev–Trinajstić information content (AvgIpc) is 3.30. The van der Waals surface area contributed by atoms with Crippen molar-refractivity contribution in [2.45, 2.75) is 35.9 Å². The molecule has 0 radical (unpaired) electrons. The molecule has 0 unspecified atom stereocenters. The standard InChI is InChI=1S/C18H18N4O4S2/c1-12-19-17(21-26-12)18(9-3-10-18)20-16(23)13-5-7-14(8-6-13)22-28(24,25)15-4-2-11-27-15/h2,4-8,11,22H,3,9-10H2,1H3,(H,20,23). The van der Waals surface area contributed by atoms with Crippen LogP contribution in [-0.4, -0.2) is 24.5 Å². The lowest BCUT2D eigenvalue weighted by Gasteiger charge is -2.39. The maximum atomic E-state index is 12.7. The molecular formula is C18H18N4O4S2. The van der Waals surface area contributed by atoms with E-state index in [-0.39, 0.29) is 10.1 Å².